The molecule has 146 valence electrons. The predicted octanol–water partition coefficient (Wildman–Crippen LogP) is 3.22. The second kappa shape index (κ2) is 8.52. The molecule has 2 aliphatic rings. The van der Waals surface area contributed by atoms with Crippen LogP contribution in [0.3, 0.4) is 0 Å². The number of carbonyl (C=O) groups is 1. The van der Waals surface area contributed by atoms with Crippen LogP contribution in [0.15, 0.2) is 87.4 Å². The van der Waals surface area contributed by atoms with Crippen molar-refractivity contribution < 1.29 is 9.53 Å². The molecule has 2 aromatic carbocycles. The van der Waals surface area contributed by atoms with Gasteiger partial charge in [-0.3, -0.25) is 10.3 Å². The molecule has 0 aromatic heterocycles. The summed E-state index contributed by atoms with van der Waals surface area (Å²) < 4.78 is 4.96. The molecule has 0 saturated heterocycles. The van der Waals surface area contributed by atoms with Crippen LogP contribution in [0.2, 0.25) is 0 Å². The van der Waals surface area contributed by atoms with Gasteiger partial charge in [0.15, 0.2) is 11.9 Å². The lowest BCUT2D eigenvalue weighted by atomic mass is 9.97. The number of nitrogens with zero attached hydrogens (tertiary/aromatic N) is 3. The first-order valence-corrected chi connectivity index (χ1v) is 9.44. The Hall–Kier alpha value is -3.74. The van der Waals surface area contributed by atoms with Gasteiger partial charge in [0.2, 0.25) is 0 Å². The van der Waals surface area contributed by atoms with E-state index in [4.69, 9.17) is 4.74 Å². The minimum atomic E-state index is -0.553. The van der Waals surface area contributed by atoms with Gasteiger partial charge in [0.1, 0.15) is 12.2 Å². The van der Waals surface area contributed by atoms with Crippen LogP contribution < -0.4 is 10.6 Å². The van der Waals surface area contributed by atoms with Gasteiger partial charge in [-0.2, -0.15) is 0 Å². The van der Waals surface area contributed by atoms with Crippen molar-refractivity contribution in [3.8, 4) is 0 Å². The molecule has 1 atom stereocenters. The summed E-state index contributed by atoms with van der Waals surface area (Å²) in [4.78, 5) is 24.9. The molecule has 4 rings (SSSR count). The van der Waals surface area contributed by atoms with Crippen LogP contribution in [0.1, 0.15) is 24.1 Å². The summed E-state index contributed by atoms with van der Waals surface area (Å²) in [6, 6.07) is 19.9. The van der Waals surface area contributed by atoms with Gasteiger partial charge in [0, 0.05) is 11.8 Å². The minimum absolute atomic E-state index is 0.0948. The number of amidine groups is 2. The van der Waals surface area contributed by atoms with E-state index in [0.717, 1.165) is 16.8 Å². The SMILES string of the molecule is CCOC(=O)NC1=NC2=NC=NC2C(NC(c2ccccc2)c2ccccc2)=C1. The van der Waals surface area contributed by atoms with Crippen molar-refractivity contribution in [2.45, 2.75) is 19.0 Å². The molecule has 1 amide bonds. The number of dihydropyridines is 1. The molecule has 0 bridgehead atoms. The maximum absolute atomic E-state index is 11.8. The van der Waals surface area contributed by atoms with E-state index in [9.17, 15) is 4.79 Å². The van der Waals surface area contributed by atoms with Gasteiger partial charge in [-0.05, 0) is 18.1 Å². The van der Waals surface area contributed by atoms with Crippen LogP contribution in [-0.4, -0.2) is 36.8 Å². The highest BCUT2D eigenvalue weighted by Crippen LogP contribution is 2.26. The lowest BCUT2D eigenvalue weighted by Gasteiger charge is -2.27. The van der Waals surface area contributed by atoms with Gasteiger partial charge in [-0.15, -0.1) is 0 Å². The lowest BCUT2D eigenvalue weighted by molar-refractivity contribution is 0.158. The van der Waals surface area contributed by atoms with Gasteiger partial charge in [0.25, 0.3) is 0 Å². The molecule has 0 spiro atoms. The fraction of sp³-hybridized carbons (Fsp3) is 0.182. The van der Waals surface area contributed by atoms with Crippen LogP contribution in [0, 0.1) is 0 Å². The number of nitrogens with one attached hydrogen (secondary N) is 2. The molecule has 2 heterocycles. The first kappa shape index (κ1) is 18.6. The van der Waals surface area contributed by atoms with E-state index >= 15 is 0 Å². The standard InChI is InChI=1S/C22H21N5O2/c1-2-29-22(28)27-18-13-17(20-21(26-18)24-14-23-20)25-19(15-9-5-3-6-10-15)16-11-7-4-8-12-16/h3-14,19-20,25H,2H2,1H3,(H,23,24,26,27,28). The van der Waals surface area contributed by atoms with Crippen molar-refractivity contribution in [3.63, 3.8) is 0 Å². The van der Waals surface area contributed by atoms with Crippen molar-refractivity contribution in [1.82, 2.24) is 10.6 Å². The molecular formula is C22H21N5O2. The Labute approximate surface area is 168 Å². The maximum atomic E-state index is 11.8. The minimum Gasteiger partial charge on any atom is -0.450 e. The van der Waals surface area contributed by atoms with Crippen LogP contribution in [-0.2, 0) is 4.74 Å². The van der Waals surface area contributed by atoms with Gasteiger partial charge < -0.3 is 10.1 Å². The summed E-state index contributed by atoms with van der Waals surface area (Å²) >= 11 is 0. The summed E-state index contributed by atoms with van der Waals surface area (Å²) in [6.07, 6.45) is 2.72. The summed E-state index contributed by atoms with van der Waals surface area (Å²) in [5.41, 5.74) is 3.03. The Morgan fingerprint density at radius 1 is 1.07 bits per heavy atom. The molecule has 1 unspecified atom stereocenters. The van der Waals surface area contributed by atoms with E-state index in [1.807, 2.05) is 36.4 Å². The average Bonchev–Trinajstić information content (AvgIpc) is 3.22. The highest BCUT2D eigenvalue weighted by molar-refractivity contribution is 6.15. The fourth-order valence-corrected chi connectivity index (χ4v) is 3.26. The summed E-state index contributed by atoms with van der Waals surface area (Å²) in [7, 11) is 0. The van der Waals surface area contributed by atoms with Crippen molar-refractivity contribution in [1.29, 1.82) is 0 Å². The number of aliphatic imine (C=N–C) groups is 3. The number of amides is 1. The number of ether oxygens (including phenoxy) is 1. The highest BCUT2D eigenvalue weighted by Gasteiger charge is 2.30. The summed E-state index contributed by atoms with van der Waals surface area (Å²) in [5.74, 6) is 0.896. The first-order chi connectivity index (χ1) is 14.2. The lowest BCUT2D eigenvalue weighted by Crippen LogP contribution is -2.39. The van der Waals surface area contributed by atoms with Gasteiger partial charge in [-0.25, -0.2) is 14.8 Å². The van der Waals surface area contributed by atoms with E-state index in [1.165, 1.54) is 6.34 Å². The third kappa shape index (κ3) is 4.24. The van der Waals surface area contributed by atoms with Crippen LogP contribution >= 0.6 is 0 Å². The van der Waals surface area contributed by atoms with Gasteiger partial charge in [0.05, 0.1) is 12.6 Å². The zero-order chi connectivity index (χ0) is 20.1. The Kier molecular flexibility index (Phi) is 5.47. The normalized spacial score (nSPS) is 17.2. The molecular weight excluding hydrogens is 366 g/mol. The Morgan fingerprint density at radius 2 is 1.72 bits per heavy atom. The van der Waals surface area contributed by atoms with Crippen molar-refractivity contribution >= 4 is 24.1 Å². The van der Waals surface area contributed by atoms with Crippen LogP contribution in [0.4, 0.5) is 4.79 Å². The average molecular weight is 387 g/mol. The number of alkyl carbamates (subject to hydrolysis) is 1. The molecule has 2 N–H and O–H groups in total. The van der Waals surface area contributed by atoms with Crippen molar-refractivity contribution in [3.05, 3.63) is 83.6 Å². The molecule has 0 radical (unpaired) electrons. The molecule has 0 aliphatic carbocycles. The molecule has 7 nitrogen and oxygen atoms in total. The summed E-state index contributed by atoms with van der Waals surface area (Å²) in [5, 5.41) is 6.24. The third-order valence-electron chi connectivity index (χ3n) is 4.55. The van der Waals surface area contributed by atoms with E-state index < -0.39 is 6.09 Å². The molecule has 0 saturated carbocycles. The number of benzene rings is 2. The molecule has 2 aliphatic heterocycles. The Bertz CT molecular complexity index is 957. The van der Waals surface area contributed by atoms with E-state index in [2.05, 4.69) is 49.9 Å². The third-order valence-corrected chi connectivity index (χ3v) is 4.55. The molecule has 29 heavy (non-hydrogen) atoms. The zero-order valence-electron chi connectivity index (χ0n) is 15.9. The quantitative estimate of drug-likeness (QED) is 0.826. The van der Waals surface area contributed by atoms with Gasteiger partial charge >= 0.3 is 6.09 Å². The van der Waals surface area contributed by atoms with E-state index in [-0.39, 0.29) is 18.7 Å². The van der Waals surface area contributed by atoms with E-state index in [0.29, 0.717) is 11.7 Å². The fourth-order valence-electron chi connectivity index (χ4n) is 3.26. The molecule has 7 heteroatoms. The second-order valence-corrected chi connectivity index (χ2v) is 6.50. The highest BCUT2D eigenvalue weighted by atomic mass is 16.5. The number of hydrogen-bond donors (Lipinski definition) is 2. The number of carbonyl (C=O) groups excluding carboxylic acids is 1. The largest absolute Gasteiger partial charge is 0.450 e. The second-order valence-electron chi connectivity index (χ2n) is 6.50. The summed E-state index contributed by atoms with van der Waals surface area (Å²) in [6.45, 7) is 2.03. The predicted molar refractivity (Wildman–Crippen MR) is 113 cm³/mol. The first-order valence-electron chi connectivity index (χ1n) is 9.44. The van der Waals surface area contributed by atoms with Crippen molar-refractivity contribution in [2.24, 2.45) is 15.0 Å². The smallest absolute Gasteiger partial charge is 0.412 e. The Morgan fingerprint density at radius 3 is 2.34 bits per heavy atom. The molecule has 0 fully saturated rings. The van der Waals surface area contributed by atoms with E-state index in [1.54, 1.807) is 13.0 Å². The molecule has 2 aromatic rings. The van der Waals surface area contributed by atoms with Crippen LogP contribution in [0.25, 0.3) is 0 Å². The Balaban J connectivity index is 1.66. The number of hydrogen-bond acceptors (Lipinski definition) is 6. The van der Waals surface area contributed by atoms with Crippen LogP contribution in [0.5, 0.6) is 0 Å². The van der Waals surface area contributed by atoms with Crippen molar-refractivity contribution in [2.75, 3.05) is 6.61 Å². The zero-order valence-corrected chi connectivity index (χ0v) is 15.9. The maximum Gasteiger partial charge on any atom is 0.412 e. The topological polar surface area (TPSA) is 87.4 Å². The number of fused-ring (bicyclic) bond motifs is 1. The van der Waals surface area contributed by atoms with Gasteiger partial charge in [-0.1, -0.05) is 60.7 Å². The monoisotopic (exact) mass is 387 g/mol. The number of rotatable bonds is 5.